The van der Waals surface area contributed by atoms with Crippen LogP contribution < -0.4 is 0 Å². The predicted molar refractivity (Wildman–Crippen MR) is 149 cm³/mol. The molecule has 0 fully saturated rings. The van der Waals surface area contributed by atoms with Gasteiger partial charge in [-0.3, -0.25) is 9.97 Å². The molecule has 0 radical (unpaired) electrons. The van der Waals surface area contributed by atoms with Crippen molar-refractivity contribution in [3.05, 3.63) is 146 Å². The van der Waals surface area contributed by atoms with Crippen LogP contribution in [0.5, 0.6) is 0 Å². The van der Waals surface area contributed by atoms with Gasteiger partial charge in [0.25, 0.3) is 0 Å². The van der Waals surface area contributed by atoms with Gasteiger partial charge in [0.2, 0.25) is 0 Å². The Bertz CT molecular complexity index is 1500. The SMILES string of the molecule is c1ccc(-c2ccccc2-c2ccncc2-c2cnccc2-c2ccccc2-c2ccccc2)cc1. The molecule has 0 atom stereocenters. The van der Waals surface area contributed by atoms with Gasteiger partial charge in [-0.25, -0.2) is 0 Å². The van der Waals surface area contributed by atoms with Gasteiger partial charge in [-0.05, 0) is 56.6 Å². The average Bonchev–Trinajstić information content (AvgIpc) is 2.98. The molecule has 36 heavy (non-hydrogen) atoms. The maximum atomic E-state index is 4.54. The first-order valence-corrected chi connectivity index (χ1v) is 12.1. The molecule has 2 aromatic heterocycles. The van der Waals surface area contributed by atoms with E-state index in [1.807, 2.05) is 24.8 Å². The number of rotatable bonds is 5. The zero-order chi connectivity index (χ0) is 24.2. The first kappa shape index (κ1) is 21.7. The van der Waals surface area contributed by atoms with E-state index in [1.54, 1.807) is 0 Å². The van der Waals surface area contributed by atoms with Crippen molar-refractivity contribution in [2.45, 2.75) is 0 Å². The first-order valence-electron chi connectivity index (χ1n) is 12.1. The molecule has 6 rings (SSSR count). The van der Waals surface area contributed by atoms with Crippen molar-refractivity contribution in [2.24, 2.45) is 0 Å². The molecule has 0 aliphatic heterocycles. The Morgan fingerprint density at radius 2 is 0.611 bits per heavy atom. The number of hydrogen-bond donors (Lipinski definition) is 0. The lowest BCUT2D eigenvalue weighted by atomic mass is 9.87. The molecule has 2 nitrogen and oxygen atoms in total. The van der Waals surface area contributed by atoms with Gasteiger partial charge in [0.15, 0.2) is 0 Å². The number of aromatic nitrogens is 2. The third kappa shape index (κ3) is 4.10. The molecule has 4 aromatic carbocycles. The third-order valence-corrected chi connectivity index (χ3v) is 6.54. The van der Waals surface area contributed by atoms with Gasteiger partial charge in [0.1, 0.15) is 0 Å². The highest BCUT2D eigenvalue weighted by Crippen LogP contribution is 2.42. The van der Waals surface area contributed by atoms with Crippen LogP contribution >= 0.6 is 0 Å². The summed E-state index contributed by atoms with van der Waals surface area (Å²) in [6.07, 6.45) is 7.66. The minimum Gasteiger partial charge on any atom is -0.264 e. The summed E-state index contributed by atoms with van der Waals surface area (Å²) in [7, 11) is 0. The molecular formula is C34H24N2. The lowest BCUT2D eigenvalue weighted by Gasteiger charge is -2.18. The quantitative estimate of drug-likeness (QED) is 0.257. The molecule has 6 aromatic rings. The summed E-state index contributed by atoms with van der Waals surface area (Å²) in [6, 6.07) is 42.4. The van der Waals surface area contributed by atoms with Crippen LogP contribution in [0.2, 0.25) is 0 Å². The van der Waals surface area contributed by atoms with Crippen molar-refractivity contribution >= 4 is 0 Å². The Balaban J connectivity index is 1.56. The molecular weight excluding hydrogens is 436 g/mol. The fraction of sp³-hybridized carbons (Fsp3) is 0. The van der Waals surface area contributed by atoms with E-state index in [0.29, 0.717) is 0 Å². The Labute approximate surface area is 211 Å². The molecule has 0 aliphatic carbocycles. The molecule has 2 heteroatoms. The van der Waals surface area contributed by atoms with Crippen LogP contribution in [0, 0.1) is 0 Å². The predicted octanol–water partition coefficient (Wildman–Crippen LogP) is 8.81. The molecule has 0 amide bonds. The second kappa shape index (κ2) is 9.81. The number of nitrogens with zero attached hydrogens (tertiary/aromatic N) is 2. The number of hydrogen-bond acceptors (Lipinski definition) is 2. The highest BCUT2D eigenvalue weighted by molar-refractivity contribution is 5.97. The van der Waals surface area contributed by atoms with Gasteiger partial charge in [0.05, 0.1) is 0 Å². The maximum absolute atomic E-state index is 4.54. The van der Waals surface area contributed by atoms with Crippen molar-refractivity contribution in [3.63, 3.8) is 0 Å². The zero-order valence-electron chi connectivity index (χ0n) is 19.8. The minimum absolute atomic E-state index is 1.06. The van der Waals surface area contributed by atoms with Gasteiger partial charge in [-0.2, -0.15) is 0 Å². The molecule has 0 aliphatic rings. The monoisotopic (exact) mass is 460 g/mol. The van der Waals surface area contributed by atoms with Gasteiger partial charge in [-0.1, -0.05) is 109 Å². The van der Waals surface area contributed by atoms with Crippen LogP contribution in [-0.4, -0.2) is 9.97 Å². The Morgan fingerprint density at radius 1 is 0.278 bits per heavy atom. The standard InChI is InChI=1S/C34H24N2/c1-3-11-25(12-4-1)27-15-7-9-17-29(27)31-19-21-35-23-33(31)34-24-36-22-20-32(34)30-18-10-8-16-28(30)26-13-5-2-6-14-26/h1-24H. The van der Waals surface area contributed by atoms with Crippen LogP contribution in [0.1, 0.15) is 0 Å². The van der Waals surface area contributed by atoms with Crippen LogP contribution in [0.4, 0.5) is 0 Å². The third-order valence-electron chi connectivity index (χ3n) is 6.54. The summed E-state index contributed by atoms with van der Waals surface area (Å²) in [5.41, 5.74) is 11.5. The summed E-state index contributed by atoms with van der Waals surface area (Å²) in [4.78, 5) is 9.07. The molecule has 170 valence electrons. The number of benzene rings is 4. The highest BCUT2D eigenvalue weighted by Gasteiger charge is 2.17. The minimum atomic E-state index is 1.06. The van der Waals surface area contributed by atoms with Crippen molar-refractivity contribution in [1.82, 2.24) is 9.97 Å². The van der Waals surface area contributed by atoms with E-state index >= 15 is 0 Å². The second-order valence-corrected chi connectivity index (χ2v) is 8.67. The molecule has 0 N–H and O–H groups in total. The molecule has 0 saturated heterocycles. The smallest absolute Gasteiger partial charge is 0.0353 e. The second-order valence-electron chi connectivity index (χ2n) is 8.67. The fourth-order valence-corrected chi connectivity index (χ4v) is 4.86. The van der Waals surface area contributed by atoms with E-state index in [1.165, 1.54) is 33.4 Å². The summed E-state index contributed by atoms with van der Waals surface area (Å²) in [5, 5.41) is 0. The van der Waals surface area contributed by atoms with E-state index in [-0.39, 0.29) is 0 Å². The Kier molecular flexibility index (Phi) is 5.91. The van der Waals surface area contributed by atoms with Crippen molar-refractivity contribution in [1.29, 1.82) is 0 Å². The molecule has 2 heterocycles. The van der Waals surface area contributed by atoms with Crippen LogP contribution in [0.25, 0.3) is 55.6 Å². The summed E-state index contributed by atoms with van der Waals surface area (Å²) < 4.78 is 0. The van der Waals surface area contributed by atoms with Gasteiger partial charge >= 0.3 is 0 Å². The molecule has 0 spiro atoms. The summed E-state index contributed by atoms with van der Waals surface area (Å²) >= 11 is 0. The average molecular weight is 461 g/mol. The van der Waals surface area contributed by atoms with E-state index in [9.17, 15) is 0 Å². The number of pyridine rings is 2. The van der Waals surface area contributed by atoms with Crippen LogP contribution in [0.3, 0.4) is 0 Å². The largest absolute Gasteiger partial charge is 0.264 e. The van der Waals surface area contributed by atoms with E-state index in [2.05, 4.69) is 131 Å². The topological polar surface area (TPSA) is 25.8 Å². The van der Waals surface area contributed by atoms with Gasteiger partial charge < -0.3 is 0 Å². The highest BCUT2D eigenvalue weighted by atomic mass is 14.6. The Morgan fingerprint density at radius 3 is 1.03 bits per heavy atom. The normalized spacial score (nSPS) is 10.8. The summed E-state index contributed by atoms with van der Waals surface area (Å²) in [6.45, 7) is 0. The van der Waals surface area contributed by atoms with Crippen LogP contribution in [-0.2, 0) is 0 Å². The van der Waals surface area contributed by atoms with Gasteiger partial charge in [-0.15, -0.1) is 0 Å². The lowest BCUT2D eigenvalue weighted by molar-refractivity contribution is 1.30. The van der Waals surface area contributed by atoms with Gasteiger partial charge in [0, 0.05) is 35.9 Å². The van der Waals surface area contributed by atoms with E-state index in [4.69, 9.17) is 0 Å². The molecule has 0 bridgehead atoms. The molecule has 0 unspecified atom stereocenters. The molecule has 0 saturated carbocycles. The van der Waals surface area contributed by atoms with Crippen LogP contribution in [0.15, 0.2) is 146 Å². The zero-order valence-corrected chi connectivity index (χ0v) is 19.8. The Hall–Kier alpha value is -4.82. The maximum Gasteiger partial charge on any atom is 0.0353 e. The van der Waals surface area contributed by atoms with Crippen molar-refractivity contribution in [2.75, 3.05) is 0 Å². The van der Waals surface area contributed by atoms with Crippen molar-refractivity contribution in [3.8, 4) is 55.6 Å². The van der Waals surface area contributed by atoms with Crippen molar-refractivity contribution < 1.29 is 0 Å². The fourth-order valence-electron chi connectivity index (χ4n) is 4.86. The first-order chi connectivity index (χ1) is 17.9. The summed E-state index contributed by atoms with van der Waals surface area (Å²) in [5.74, 6) is 0. The lowest BCUT2D eigenvalue weighted by Crippen LogP contribution is -1.94. The van der Waals surface area contributed by atoms with E-state index in [0.717, 1.165) is 22.3 Å². The van der Waals surface area contributed by atoms with E-state index < -0.39 is 0 Å².